The van der Waals surface area contributed by atoms with Gasteiger partial charge >= 0.3 is 12.4 Å². The molecule has 164 valence electrons. The second-order valence-corrected chi connectivity index (χ2v) is 5.80. The normalized spacial score (nSPS) is 12.0. The van der Waals surface area contributed by atoms with Crippen LogP contribution in [0.1, 0.15) is 18.3 Å². The Morgan fingerprint density at radius 1 is 0.871 bits per heavy atom. The summed E-state index contributed by atoms with van der Waals surface area (Å²) in [6.45, 7) is 1.85. The van der Waals surface area contributed by atoms with E-state index in [1.165, 1.54) is 12.1 Å². The standard InChI is InChI=1S/C17H13F6N7O/c1-2-31-30-15-28-13(10-4-3-5-11(26-10)16(18,19)20)27-14(29-15)25-9-6-7-24-12(8-9)17(21,22)23/h3-8H,2H2,1H3,(H2,24,25,27,28,29,30). The predicted octanol–water partition coefficient (Wildman–Crippen LogP) is 4.47. The lowest BCUT2D eigenvalue weighted by molar-refractivity contribution is -0.141. The average Bonchev–Trinajstić information content (AvgIpc) is 2.71. The maximum atomic E-state index is 13.0. The monoisotopic (exact) mass is 445 g/mol. The summed E-state index contributed by atoms with van der Waals surface area (Å²) in [5, 5.41) is 2.54. The molecule has 8 nitrogen and oxygen atoms in total. The number of aromatic nitrogens is 5. The lowest BCUT2D eigenvalue weighted by atomic mass is 10.3. The molecule has 31 heavy (non-hydrogen) atoms. The molecule has 0 unspecified atom stereocenters. The van der Waals surface area contributed by atoms with Crippen LogP contribution >= 0.6 is 0 Å². The van der Waals surface area contributed by atoms with Crippen LogP contribution in [0.4, 0.5) is 43.9 Å². The molecule has 0 aromatic carbocycles. The van der Waals surface area contributed by atoms with Crippen molar-refractivity contribution in [2.24, 2.45) is 0 Å². The lowest BCUT2D eigenvalue weighted by Gasteiger charge is -2.12. The van der Waals surface area contributed by atoms with Crippen LogP contribution in [-0.4, -0.2) is 31.5 Å². The van der Waals surface area contributed by atoms with Gasteiger partial charge in [-0.25, -0.2) is 10.5 Å². The van der Waals surface area contributed by atoms with Gasteiger partial charge in [-0.1, -0.05) is 6.07 Å². The highest BCUT2D eigenvalue weighted by molar-refractivity contribution is 5.58. The van der Waals surface area contributed by atoms with Crippen molar-refractivity contribution in [2.45, 2.75) is 19.3 Å². The molecule has 0 bridgehead atoms. The fourth-order valence-corrected chi connectivity index (χ4v) is 2.24. The van der Waals surface area contributed by atoms with E-state index in [4.69, 9.17) is 4.84 Å². The summed E-state index contributed by atoms with van der Waals surface area (Å²) in [7, 11) is 0. The van der Waals surface area contributed by atoms with Gasteiger partial charge in [0.25, 0.3) is 5.95 Å². The molecule has 3 aromatic rings. The van der Waals surface area contributed by atoms with Crippen LogP contribution in [0.15, 0.2) is 36.5 Å². The van der Waals surface area contributed by atoms with Crippen molar-refractivity contribution in [1.82, 2.24) is 24.9 Å². The van der Waals surface area contributed by atoms with Gasteiger partial charge in [0.1, 0.15) is 17.1 Å². The number of rotatable bonds is 6. The third-order valence-electron chi connectivity index (χ3n) is 3.52. The van der Waals surface area contributed by atoms with E-state index >= 15 is 0 Å². The number of halogens is 6. The molecule has 0 atom stereocenters. The number of nitrogens with zero attached hydrogens (tertiary/aromatic N) is 5. The van der Waals surface area contributed by atoms with Gasteiger partial charge in [-0.2, -0.15) is 41.3 Å². The lowest BCUT2D eigenvalue weighted by Crippen LogP contribution is -2.12. The first kappa shape index (κ1) is 22.1. The van der Waals surface area contributed by atoms with Crippen LogP contribution in [-0.2, 0) is 17.2 Å². The van der Waals surface area contributed by atoms with Gasteiger partial charge in [0.15, 0.2) is 5.82 Å². The molecule has 0 amide bonds. The van der Waals surface area contributed by atoms with Crippen LogP contribution in [0.3, 0.4) is 0 Å². The van der Waals surface area contributed by atoms with E-state index in [0.717, 1.165) is 24.4 Å². The van der Waals surface area contributed by atoms with E-state index in [9.17, 15) is 26.3 Å². The summed E-state index contributed by atoms with van der Waals surface area (Å²) in [5.41, 5.74) is -0.238. The van der Waals surface area contributed by atoms with E-state index in [2.05, 4.69) is 35.7 Å². The minimum Gasteiger partial charge on any atom is -0.324 e. The van der Waals surface area contributed by atoms with Crippen molar-refractivity contribution >= 4 is 17.6 Å². The maximum Gasteiger partial charge on any atom is 0.433 e. The smallest absolute Gasteiger partial charge is 0.324 e. The molecule has 0 fully saturated rings. The van der Waals surface area contributed by atoms with E-state index in [1.54, 1.807) is 6.92 Å². The summed E-state index contributed by atoms with van der Waals surface area (Å²) >= 11 is 0. The molecule has 14 heteroatoms. The summed E-state index contributed by atoms with van der Waals surface area (Å²) in [6.07, 6.45) is -8.44. The average molecular weight is 445 g/mol. The Balaban J connectivity index is 2.00. The van der Waals surface area contributed by atoms with Crippen LogP contribution in [0.25, 0.3) is 11.5 Å². The van der Waals surface area contributed by atoms with Gasteiger partial charge in [-0.05, 0) is 31.2 Å². The summed E-state index contributed by atoms with van der Waals surface area (Å²) < 4.78 is 77.5. The first-order valence-corrected chi connectivity index (χ1v) is 8.55. The molecule has 0 saturated heterocycles. The van der Waals surface area contributed by atoms with E-state index in [0.29, 0.717) is 0 Å². The number of hydrogen-bond acceptors (Lipinski definition) is 8. The zero-order chi connectivity index (χ0) is 22.6. The van der Waals surface area contributed by atoms with Crippen molar-refractivity contribution in [3.8, 4) is 11.5 Å². The zero-order valence-electron chi connectivity index (χ0n) is 15.6. The van der Waals surface area contributed by atoms with Gasteiger partial charge in [-0.15, -0.1) is 0 Å². The van der Waals surface area contributed by atoms with E-state index in [-0.39, 0.29) is 35.7 Å². The largest absolute Gasteiger partial charge is 0.433 e. The number of nitrogens with one attached hydrogen (secondary N) is 2. The fraction of sp³-hybridized carbons (Fsp3) is 0.235. The van der Waals surface area contributed by atoms with Gasteiger partial charge < -0.3 is 5.32 Å². The molecule has 3 heterocycles. The SMILES string of the molecule is CCONc1nc(Nc2ccnc(C(F)(F)F)c2)nc(-c2cccc(C(F)(F)F)n2)n1. The number of pyridine rings is 2. The van der Waals surface area contributed by atoms with Gasteiger partial charge in [0.2, 0.25) is 5.95 Å². The molecule has 0 aliphatic carbocycles. The van der Waals surface area contributed by atoms with Gasteiger partial charge in [0.05, 0.1) is 6.61 Å². The fourth-order valence-electron chi connectivity index (χ4n) is 2.24. The Bertz CT molecular complexity index is 1060. The Morgan fingerprint density at radius 3 is 2.26 bits per heavy atom. The zero-order valence-corrected chi connectivity index (χ0v) is 15.6. The molecule has 3 aromatic heterocycles. The third-order valence-corrected chi connectivity index (χ3v) is 3.52. The van der Waals surface area contributed by atoms with Crippen molar-refractivity contribution in [3.63, 3.8) is 0 Å². The van der Waals surface area contributed by atoms with Gasteiger partial charge in [0, 0.05) is 11.9 Å². The highest BCUT2D eigenvalue weighted by Gasteiger charge is 2.33. The molecule has 0 radical (unpaired) electrons. The molecule has 0 aliphatic rings. The van der Waals surface area contributed by atoms with E-state index < -0.39 is 23.7 Å². The van der Waals surface area contributed by atoms with Gasteiger partial charge in [-0.3, -0.25) is 9.82 Å². The minimum absolute atomic E-state index is 0.0566. The number of anilines is 3. The Labute approximate surface area is 170 Å². The first-order valence-electron chi connectivity index (χ1n) is 8.55. The highest BCUT2D eigenvalue weighted by Crippen LogP contribution is 2.30. The Kier molecular flexibility index (Phi) is 6.19. The summed E-state index contributed by atoms with van der Waals surface area (Å²) in [6, 6.07) is 5.10. The van der Waals surface area contributed by atoms with Crippen LogP contribution < -0.4 is 10.8 Å². The Morgan fingerprint density at radius 2 is 1.58 bits per heavy atom. The number of alkyl halides is 6. The quantitative estimate of drug-likeness (QED) is 0.424. The Hall–Kier alpha value is -3.55. The van der Waals surface area contributed by atoms with Crippen LogP contribution in [0.2, 0.25) is 0 Å². The second kappa shape index (κ2) is 8.67. The van der Waals surface area contributed by atoms with Crippen molar-refractivity contribution in [3.05, 3.63) is 47.9 Å². The molecule has 0 saturated carbocycles. The topological polar surface area (TPSA) is 97.7 Å². The predicted molar refractivity (Wildman–Crippen MR) is 95.8 cm³/mol. The van der Waals surface area contributed by atoms with Crippen LogP contribution in [0, 0.1) is 0 Å². The molecule has 0 aliphatic heterocycles. The molecular formula is C17H13F6N7O. The van der Waals surface area contributed by atoms with E-state index in [1.807, 2.05) is 0 Å². The first-order chi connectivity index (χ1) is 14.6. The minimum atomic E-state index is -4.69. The highest BCUT2D eigenvalue weighted by atomic mass is 19.4. The second-order valence-electron chi connectivity index (χ2n) is 5.80. The van der Waals surface area contributed by atoms with Crippen molar-refractivity contribution < 1.29 is 31.2 Å². The maximum absolute atomic E-state index is 13.0. The summed E-state index contributed by atoms with van der Waals surface area (Å²) in [5.74, 6) is -0.722. The molecule has 3 rings (SSSR count). The summed E-state index contributed by atoms with van der Waals surface area (Å²) in [4.78, 5) is 23.5. The van der Waals surface area contributed by atoms with Crippen molar-refractivity contribution in [2.75, 3.05) is 17.4 Å². The molecule has 2 N–H and O–H groups in total. The third kappa shape index (κ3) is 5.75. The number of hydrogen-bond donors (Lipinski definition) is 2. The molecule has 0 spiro atoms. The van der Waals surface area contributed by atoms with Crippen molar-refractivity contribution in [1.29, 1.82) is 0 Å². The van der Waals surface area contributed by atoms with Crippen LogP contribution in [0.5, 0.6) is 0 Å². The molecular weight excluding hydrogens is 432 g/mol.